The molecule has 0 spiro atoms. The van der Waals surface area contributed by atoms with Crippen LogP contribution in [0.2, 0.25) is 0 Å². The summed E-state index contributed by atoms with van der Waals surface area (Å²) in [6.07, 6.45) is 0. The van der Waals surface area contributed by atoms with Gasteiger partial charge in [-0.25, -0.2) is 19.9 Å². The lowest BCUT2D eigenvalue weighted by atomic mass is 10.0. The minimum atomic E-state index is 0.846. The van der Waals surface area contributed by atoms with E-state index in [-0.39, 0.29) is 0 Å². The second kappa shape index (κ2) is 11.5. The second-order valence-corrected chi connectivity index (χ2v) is 11.7. The van der Waals surface area contributed by atoms with E-state index in [0.717, 1.165) is 78.2 Å². The zero-order chi connectivity index (χ0) is 31.0. The van der Waals surface area contributed by atoms with E-state index < -0.39 is 0 Å². The lowest BCUT2D eigenvalue weighted by molar-refractivity contribution is 1.28. The Labute approximate surface area is 268 Å². The first-order chi connectivity index (χ1) is 22.6. The standard InChI is InChI=1S/C42H30N4/c1-27-13-17-31(18-14-27)41-39(29-9-5-3-6-10-29)43-35-23-21-33(25-37(35)45-41)34-22-24-36-38(26-34)46-42(32-19-15-28(2)16-20-32)40(44-36)30-11-7-4-8-12-30/h3-26H,1-2H3. The molecule has 0 bridgehead atoms. The van der Waals surface area contributed by atoms with E-state index in [4.69, 9.17) is 19.9 Å². The van der Waals surface area contributed by atoms with Crippen LogP contribution in [0.1, 0.15) is 11.1 Å². The predicted octanol–water partition coefficient (Wildman–Crippen LogP) is 10.5. The van der Waals surface area contributed by atoms with Crippen molar-refractivity contribution in [3.05, 3.63) is 157 Å². The number of fused-ring (bicyclic) bond motifs is 2. The van der Waals surface area contributed by atoms with Crippen LogP contribution in [-0.4, -0.2) is 19.9 Å². The zero-order valence-electron chi connectivity index (χ0n) is 25.6. The topological polar surface area (TPSA) is 51.6 Å². The summed E-state index contributed by atoms with van der Waals surface area (Å²) in [4.78, 5) is 20.7. The Bertz CT molecular complexity index is 2180. The summed E-state index contributed by atoms with van der Waals surface area (Å²) in [6, 6.07) is 50.2. The highest BCUT2D eigenvalue weighted by Gasteiger charge is 2.16. The maximum absolute atomic E-state index is 5.22. The molecule has 4 nitrogen and oxygen atoms in total. The maximum atomic E-state index is 5.22. The van der Waals surface area contributed by atoms with Gasteiger partial charge in [0.25, 0.3) is 0 Å². The first kappa shape index (κ1) is 27.5. The molecule has 6 aromatic carbocycles. The monoisotopic (exact) mass is 590 g/mol. The molecule has 0 aliphatic carbocycles. The fourth-order valence-corrected chi connectivity index (χ4v) is 5.89. The molecule has 2 aromatic heterocycles. The molecule has 8 rings (SSSR count). The fraction of sp³-hybridized carbons (Fsp3) is 0.0476. The van der Waals surface area contributed by atoms with Crippen LogP contribution in [0.4, 0.5) is 0 Å². The maximum Gasteiger partial charge on any atom is 0.0973 e. The van der Waals surface area contributed by atoms with Crippen LogP contribution in [0.15, 0.2) is 146 Å². The molecule has 0 atom stereocenters. The Morgan fingerprint density at radius 1 is 0.283 bits per heavy atom. The van der Waals surface area contributed by atoms with E-state index in [1.54, 1.807) is 0 Å². The summed E-state index contributed by atoms with van der Waals surface area (Å²) in [5.41, 5.74) is 15.6. The lowest BCUT2D eigenvalue weighted by Gasteiger charge is -2.13. The summed E-state index contributed by atoms with van der Waals surface area (Å²) >= 11 is 0. The summed E-state index contributed by atoms with van der Waals surface area (Å²) in [7, 11) is 0. The number of rotatable bonds is 5. The number of aromatic nitrogens is 4. The zero-order valence-corrected chi connectivity index (χ0v) is 25.6. The minimum absolute atomic E-state index is 0.846. The fourth-order valence-electron chi connectivity index (χ4n) is 5.89. The van der Waals surface area contributed by atoms with Gasteiger partial charge < -0.3 is 0 Å². The van der Waals surface area contributed by atoms with Gasteiger partial charge in [0.1, 0.15) is 0 Å². The van der Waals surface area contributed by atoms with E-state index in [9.17, 15) is 0 Å². The van der Waals surface area contributed by atoms with Gasteiger partial charge in [0.2, 0.25) is 0 Å². The molecule has 0 fully saturated rings. The van der Waals surface area contributed by atoms with Crippen molar-refractivity contribution in [2.75, 3.05) is 0 Å². The number of benzene rings is 6. The Balaban J connectivity index is 1.27. The smallest absolute Gasteiger partial charge is 0.0973 e. The third kappa shape index (κ3) is 5.20. The van der Waals surface area contributed by atoms with Crippen molar-refractivity contribution in [1.82, 2.24) is 19.9 Å². The van der Waals surface area contributed by atoms with Crippen LogP contribution >= 0.6 is 0 Å². The van der Waals surface area contributed by atoms with Crippen LogP contribution in [-0.2, 0) is 0 Å². The highest BCUT2D eigenvalue weighted by molar-refractivity contribution is 5.92. The third-order valence-electron chi connectivity index (χ3n) is 8.41. The largest absolute Gasteiger partial charge is 0.244 e. The van der Waals surface area contributed by atoms with Gasteiger partial charge in [0.15, 0.2) is 0 Å². The summed E-state index contributed by atoms with van der Waals surface area (Å²) in [5.74, 6) is 0. The van der Waals surface area contributed by atoms with Crippen molar-refractivity contribution >= 4 is 22.1 Å². The lowest BCUT2D eigenvalue weighted by Crippen LogP contribution is -1.97. The minimum Gasteiger partial charge on any atom is -0.244 e. The quantitative estimate of drug-likeness (QED) is 0.200. The van der Waals surface area contributed by atoms with Gasteiger partial charge >= 0.3 is 0 Å². The summed E-state index contributed by atoms with van der Waals surface area (Å²) in [6.45, 7) is 4.20. The Morgan fingerprint density at radius 2 is 0.587 bits per heavy atom. The number of hydrogen-bond donors (Lipinski definition) is 0. The molecule has 218 valence electrons. The molecule has 0 radical (unpaired) electrons. The summed E-state index contributed by atoms with van der Waals surface area (Å²) < 4.78 is 0. The molecule has 46 heavy (non-hydrogen) atoms. The number of aryl methyl sites for hydroxylation is 2. The molecule has 4 heteroatoms. The molecular formula is C42H30N4. The van der Waals surface area contributed by atoms with Crippen molar-refractivity contribution in [3.8, 4) is 56.2 Å². The molecular weight excluding hydrogens is 560 g/mol. The summed E-state index contributed by atoms with van der Waals surface area (Å²) in [5, 5.41) is 0. The van der Waals surface area contributed by atoms with E-state index >= 15 is 0 Å². The highest BCUT2D eigenvalue weighted by Crippen LogP contribution is 2.35. The molecule has 0 aliphatic heterocycles. The predicted molar refractivity (Wildman–Crippen MR) is 189 cm³/mol. The van der Waals surface area contributed by atoms with Crippen LogP contribution in [0, 0.1) is 13.8 Å². The Kier molecular flexibility index (Phi) is 6.88. The van der Waals surface area contributed by atoms with Crippen molar-refractivity contribution in [2.24, 2.45) is 0 Å². The van der Waals surface area contributed by atoms with Crippen LogP contribution in [0.5, 0.6) is 0 Å². The average molecular weight is 591 g/mol. The van der Waals surface area contributed by atoms with Gasteiger partial charge in [0.05, 0.1) is 44.8 Å². The van der Waals surface area contributed by atoms with Gasteiger partial charge in [0, 0.05) is 22.3 Å². The Morgan fingerprint density at radius 3 is 0.957 bits per heavy atom. The molecule has 2 heterocycles. The normalized spacial score (nSPS) is 11.3. The molecule has 0 N–H and O–H groups in total. The van der Waals surface area contributed by atoms with Crippen LogP contribution in [0.3, 0.4) is 0 Å². The molecule has 0 amide bonds. The Hall–Kier alpha value is -6.00. The molecule has 0 saturated carbocycles. The van der Waals surface area contributed by atoms with E-state index in [0.29, 0.717) is 0 Å². The SMILES string of the molecule is Cc1ccc(-c2nc3cc(-c4ccc5nc(-c6ccccc6)c(-c6ccc(C)cc6)nc5c4)ccc3nc2-c2ccccc2)cc1. The van der Waals surface area contributed by atoms with Crippen molar-refractivity contribution in [2.45, 2.75) is 13.8 Å². The van der Waals surface area contributed by atoms with Crippen molar-refractivity contribution in [3.63, 3.8) is 0 Å². The van der Waals surface area contributed by atoms with Crippen molar-refractivity contribution in [1.29, 1.82) is 0 Å². The van der Waals surface area contributed by atoms with Crippen LogP contribution < -0.4 is 0 Å². The van der Waals surface area contributed by atoms with Crippen LogP contribution in [0.25, 0.3) is 78.2 Å². The van der Waals surface area contributed by atoms with Gasteiger partial charge in [-0.1, -0.05) is 132 Å². The number of nitrogens with zero attached hydrogens (tertiary/aromatic N) is 4. The molecule has 0 aliphatic rings. The van der Waals surface area contributed by atoms with Gasteiger partial charge in [-0.15, -0.1) is 0 Å². The average Bonchev–Trinajstić information content (AvgIpc) is 3.11. The third-order valence-corrected chi connectivity index (χ3v) is 8.41. The van der Waals surface area contributed by atoms with Gasteiger partial charge in [-0.05, 0) is 49.2 Å². The second-order valence-electron chi connectivity index (χ2n) is 11.7. The van der Waals surface area contributed by atoms with Gasteiger partial charge in [-0.2, -0.15) is 0 Å². The van der Waals surface area contributed by atoms with Crippen molar-refractivity contribution < 1.29 is 0 Å². The van der Waals surface area contributed by atoms with Gasteiger partial charge in [-0.3, -0.25) is 0 Å². The highest BCUT2D eigenvalue weighted by atomic mass is 14.8. The first-order valence-electron chi connectivity index (χ1n) is 15.5. The molecule has 0 saturated heterocycles. The molecule has 8 aromatic rings. The van der Waals surface area contributed by atoms with E-state index in [1.807, 2.05) is 36.4 Å². The molecule has 0 unspecified atom stereocenters. The first-order valence-corrected chi connectivity index (χ1v) is 15.5. The van der Waals surface area contributed by atoms with E-state index in [1.165, 1.54) is 11.1 Å². The number of hydrogen-bond acceptors (Lipinski definition) is 4. The van der Waals surface area contributed by atoms with E-state index in [2.05, 4.69) is 123 Å².